The molecule has 1 aliphatic rings. The zero-order valence-electron chi connectivity index (χ0n) is 6.41. The maximum atomic E-state index is 10.8. The van der Waals surface area contributed by atoms with Crippen LogP contribution in [-0.2, 0) is 19.1 Å². The van der Waals surface area contributed by atoms with E-state index in [1.807, 2.05) is 0 Å². The number of hydrogen-bond donors (Lipinski definition) is 0. The zero-order valence-corrected chi connectivity index (χ0v) is 6.41. The normalized spacial score (nSPS) is 17.5. The lowest BCUT2D eigenvalue weighted by atomic mass is 10.3. The number of allylic oxidation sites excluding steroid dienone is 2. The fourth-order valence-electron chi connectivity index (χ4n) is 0.716. The summed E-state index contributed by atoms with van der Waals surface area (Å²) >= 11 is 0. The van der Waals surface area contributed by atoms with E-state index in [9.17, 15) is 9.59 Å². The van der Waals surface area contributed by atoms with E-state index >= 15 is 0 Å². The highest BCUT2D eigenvalue weighted by molar-refractivity contribution is 5.80. The Morgan fingerprint density at radius 3 is 2.08 bits per heavy atom. The monoisotopic (exact) mass is 168 g/mol. The van der Waals surface area contributed by atoms with Crippen LogP contribution in [0.2, 0.25) is 0 Å². The van der Waals surface area contributed by atoms with E-state index in [1.165, 1.54) is 12.2 Å². The second kappa shape index (κ2) is 3.71. The van der Waals surface area contributed by atoms with E-state index in [2.05, 4.69) is 16.1 Å². The van der Waals surface area contributed by atoms with Gasteiger partial charge in [-0.05, 0) is 0 Å². The highest BCUT2D eigenvalue weighted by Crippen LogP contribution is 2.11. The van der Waals surface area contributed by atoms with Crippen molar-refractivity contribution in [1.82, 2.24) is 0 Å². The Bertz CT molecular complexity index is 232. The lowest BCUT2D eigenvalue weighted by Gasteiger charge is -2.00. The molecule has 12 heavy (non-hydrogen) atoms. The fourth-order valence-corrected chi connectivity index (χ4v) is 0.716. The predicted molar refractivity (Wildman–Crippen MR) is 39.7 cm³/mol. The largest absolute Gasteiger partial charge is 0.392 e. The van der Waals surface area contributed by atoms with Gasteiger partial charge in [-0.1, -0.05) is 12.7 Å². The second-order valence-corrected chi connectivity index (χ2v) is 2.17. The summed E-state index contributed by atoms with van der Waals surface area (Å²) in [6, 6.07) is 0. The van der Waals surface area contributed by atoms with Gasteiger partial charge in [0.15, 0.2) is 0 Å². The third-order valence-electron chi connectivity index (χ3n) is 1.22. The molecule has 4 nitrogen and oxygen atoms in total. The standard InChI is InChI=1S/C8H8O4/c1-2-3-8-11-6(9)4-5-7(10)12-8/h2-3H,1,4-5H2. The molecule has 1 fully saturated rings. The molecule has 0 aromatic rings. The van der Waals surface area contributed by atoms with Crippen LogP contribution in [0.25, 0.3) is 0 Å². The summed E-state index contributed by atoms with van der Waals surface area (Å²) < 4.78 is 9.26. The molecule has 0 spiro atoms. The number of ether oxygens (including phenoxy) is 2. The molecule has 0 radical (unpaired) electrons. The summed E-state index contributed by atoms with van der Waals surface area (Å²) in [6.07, 6.45) is 2.82. The smallest absolute Gasteiger partial charge is 0.314 e. The Hall–Kier alpha value is -1.58. The number of esters is 2. The SMILES string of the molecule is C=CC=C1OC(=O)CCC(=O)O1. The summed E-state index contributed by atoms with van der Waals surface area (Å²) in [6.45, 7) is 3.38. The molecule has 1 heterocycles. The van der Waals surface area contributed by atoms with Crippen molar-refractivity contribution in [3.63, 3.8) is 0 Å². The topological polar surface area (TPSA) is 52.6 Å². The average molecular weight is 168 g/mol. The molecule has 0 bridgehead atoms. The van der Waals surface area contributed by atoms with Crippen LogP contribution >= 0.6 is 0 Å². The van der Waals surface area contributed by atoms with Crippen molar-refractivity contribution in [2.24, 2.45) is 0 Å². The van der Waals surface area contributed by atoms with Crippen molar-refractivity contribution >= 4 is 11.9 Å². The van der Waals surface area contributed by atoms with Crippen molar-refractivity contribution in [3.05, 3.63) is 24.7 Å². The van der Waals surface area contributed by atoms with Gasteiger partial charge < -0.3 is 9.47 Å². The molecule has 0 atom stereocenters. The summed E-state index contributed by atoms with van der Waals surface area (Å²) in [5.74, 6) is -1.03. The van der Waals surface area contributed by atoms with Gasteiger partial charge in [0.25, 0.3) is 5.95 Å². The van der Waals surface area contributed by atoms with Crippen LogP contribution in [0.3, 0.4) is 0 Å². The fraction of sp³-hybridized carbons (Fsp3) is 0.250. The molecule has 0 aliphatic carbocycles. The molecule has 64 valence electrons. The van der Waals surface area contributed by atoms with Crippen molar-refractivity contribution in [2.45, 2.75) is 12.8 Å². The Morgan fingerprint density at radius 2 is 1.67 bits per heavy atom. The first-order valence-electron chi connectivity index (χ1n) is 3.46. The Kier molecular flexibility index (Phi) is 2.63. The number of carbonyl (C=O) groups is 2. The van der Waals surface area contributed by atoms with Crippen LogP contribution in [0, 0.1) is 0 Å². The van der Waals surface area contributed by atoms with E-state index < -0.39 is 11.9 Å². The van der Waals surface area contributed by atoms with Gasteiger partial charge in [0, 0.05) is 6.08 Å². The molecule has 0 aromatic heterocycles. The number of carbonyl (C=O) groups excluding carboxylic acids is 2. The third-order valence-corrected chi connectivity index (χ3v) is 1.22. The molecular formula is C8H8O4. The summed E-state index contributed by atoms with van der Waals surface area (Å²) in [5.41, 5.74) is 0. The van der Waals surface area contributed by atoms with Gasteiger partial charge in [0.1, 0.15) is 0 Å². The first-order valence-corrected chi connectivity index (χ1v) is 3.46. The minimum atomic E-state index is -0.464. The van der Waals surface area contributed by atoms with E-state index in [0.29, 0.717) is 0 Å². The highest BCUT2D eigenvalue weighted by atomic mass is 16.7. The first kappa shape index (κ1) is 8.52. The molecule has 0 saturated carbocycles. The van der Waals surface area contributed by atoms with Crippen LogP contribution in [0.5, 0.6) is 0 Å². The molecule has 0 N–H and O–H groups in total. The van der Waals surface area contributed by atoms with Gasteiger partial charge in [-0.3, -0.25) is 9.59 Å². The lowest BCUT2D eigenvalue weighted by Crippen LogP contribution is -2.01. The van der Waals surface area contributed by atoms with Gasteiger partial charge in [-0.25, -0.2) is 0 Å². The Labute approximate surface area is 69.5 Å². The van der Waals surface area contributed by atoms with Crippen LogP contribution < -0.4 is 0 Å². The third kappa shape index (κ3) is 2.23. The minimum Gasteiger partial charge on any atom is -0.392 e. The molecule has 0 aromatic carbocycles. The zero-order chi connectivity index (χ0) is 8.97. The van der Waals surface area contributed by atoms with Crippen LogP contribution in [0.4, 0.5) is 0 Å². The Morgan fingerprint density at radius 1 is 1.17 bits per heavy atom. The van der Waals surface area contributed by atoms with E-state index in [-0.39, 0.29) is 18.8 Å². The molecule has 4 heteroatoms. The lowest BCUT2D eigenvalue weighted by molar-refractivity contribution is -0.147. The van der Waals surface area contributed by atoms with Crippen LogP contribution in [0.15, 0.2) is 24.7 Å². The van der Waals surface area contributed by atoms with Gasteiger partial charge in [-0.2, -0.15) is 0 Å². The maximum absolute atomic E-state index is 10.8. The Balaban J connectivity index is 2.74. The van der Waals surface area contributed by atoms with E-state index in [0.717, 1.165) is 0 Å². The quantitative estimate of drug-likeness (QED) is 0.545. The molecule has 1 saturated heterocycles. The second-order valence-electron chi connectivity index (χ2n) is 2.17. The summed E-state index contributed by atoms with van der Waals surface area (Å²) in [7, 11) is 0. The predicted octanol–water partition coefficient (Wildman–Crippen LogP) is 0.894. The number of rotatable bonds is 1. The van der Waals surface area contributed by atoms with Crippen molar-refractivity contribution in [2.75, 3.05) is 0 Å². The maximum Gasteiger partial charge on any atom is 0.314 e. The number of hydrogen-bond acceptors (Lipinski definition) is 4. The first-order chi connectivity index (χ1) is 5.72. The van der Waals surface area contributed by atoms with Crippen LogP contribution in [-0.4, -0.2) is 11.9 Å². The van der Waals surface area contributed by atoms with Gasteiger partial charge >= 0.3 is 11.9 Å². The number of cyclic esters (lactones) is 2. The summed E-state index contributed by atoms with van der Waals surface area (Å²) in [5, 5.41) is 0. The molecule has 0 amide bonds. The van der Waals surface area contributed by atoms with Gasteiger partial charge in [0.2, 0.25) is 0 Å². The van der Waals surface area contributed by atoms with Gasteiger partial charge in [0.05, 0.1) is 12.8 Å². The van der Waals surface area contributed by atoms with Crippen molar-refractivity contribution in [1.29, 1.82) is 0 Å². The van der Waals surface area contributed by atoms with Crippen molar-refractivity contribution in [3.8, 4) is 0 Å². The molecule has 1 aliphatic heterocycles. The molecule has 1 rings (SSSR count). The van der Waals surface area contributed by atoms with Crippen molar-refractivity contribution < 1.29 is 19.1 Å². The minimum absolute atomic E-state index is 0.0628. The molecular weight excluding hydrogens is 160 g/mol. The average Bonchev–Trinajstić information content (AvgIpc) is 2.14. The highest BCUT2D eigenvalue weighted by Gasteiger charge is 2.18. The van der Waals surface area contributed by atoms with E-state index in [4.69, 9.17) is 0 Å². The summed E-state index contributed by atoms with van der Waals surface area (Å²) in [4.78, 5) is 21.6. The molecule has 0 unspecified atom stereocenters. The van der Waals surface area contributed by atoms with E-state index in [1.54, 1.807) is 0 Å². The van der Waals surface area contributed by atoms with Crippen LogP contribution in [0.1, 0.15) is 12.8 Å². The van der Waals surface area contributed by atoms with Gasteiger partial charge in [-0.15, -0.1) is 0 Å².